The van der Waals surface area contributed by atoms with Gasteiger partial charge < -0.3 is 19.3 Å². The van der Waals surface area contributed by atoms with E-state index in [1.807, 2.05) is 19.1 Å². The molecule has 0 saturated carbocycles. The molecule has 0 aliphatic carbocycles. The van der Waals surface area contributed by atoms with Crippen molar-refractivity contribution in [1.82, 2.24) is 14.5 Å². The lowest BCUT2D eigenvalue weighted by atomic mass is 9.84. The van der Waals surface area contributed by atoms with E-state index in [-0.39, 0.29) is 11.6 Å². The SMILES string of the molecule is [2H]C([2H])([2H])C(C(=O)O)(c1ccc(CC(C)N2CCC(c3nc4ccccc4n3CCOCC)CC2)cc1)C([2H])([2H])[2H]. The molecular formula is C29H39N3O3. The highest BCUT2D eigenvalue weighted by molar-refractivity contribution is 5.80. The maximum Gasteiger partial charge on any atom is 0.313 e. The van der Waals surface area contributed by atoms with Gasteiger partial charge in [-0.15, -0.1) is 0 Å². The Morgan fingerprint density at radius 3 is 2.57 bits per heavy atom. The summed E-state index contributed by atoms with van der Waals surface area (Å²) in [7, 11) is 0. The molecule has 1 aromatic heterocycles. The van der Waals surface area contributed by atoms with Crippen molar-refractivity contribution < 1.29 is 22.9 Å². The molecule has 0 radical (unpaired) electrons. The Morgan fingerprint density at radius 1 is 1.20 bits per heavy atom. The van der Waals surface area contributed by atoms with Crippen LogP contribution in [0.2, 0.25) is 0 Å². The highest BCUT2D eigenvalue weighted by Crippen LogP contribution is 2.31. The number of benzene rings is 2. The lowest BCUT2D eigenvalue weighted by molar-refractivity contribution is -0.142. The number of aliphatic carboxylic acids is 1. The summed E-state index contributed by atoms with van der Waals surface area (Å²) in [5.74, 6) is -0.428. The first-order valence-electron chi connectivity index (χ1n) is 15.4. The van der Waals surface area contributed by atoms with E-state index in [0.717, 1.165) is 54.9 Å². The largest absolute Gasteiger partial charge is 0.481 e. The predicted molar refractivity (Wildman–Crippen MR) is 140 cm³/mol. The predicted octanol–water partition coefficient (Wildman–Crippen LogP) is 5.25. The van der Waals surface area contributed by atoms with Crippen molar-refractivity contribution in [1.29, 1.82) is 0 Å². The average molecular weight is 484 g/mol. The molecule has 1 aliphatic rings. The minimum atomic E-state index is -3.26. The van der Waals surface area contributed by atoms with Crippen molar-refractivity contribution in [2.24, 2.45) is 0 Å². The molecule has 35 heavy (non-hydrogen) atoms. The van der Waals surface area contributed by atoms with Gasteiger partial charge in [-0.2, -0.15) is 0 Å². The summed E-state index contributed by atoms with van der Waals surface area (Å²) in [6.45, 7) is 1.51. The van der Waals surface area contributed by atoms with Crippen LogP contribution in [0.4, 0.5) is 0 Å². The van der Waals surface area contributed by atoms with Crippen molar-refractivity contribution in [2.75, 3.05) is 26.3 Å². The van der Waals surface area contributed by atoms with Crippen LogP contribution >= 0.6 is 0 Å². The highest BCUT2D eigenvalue weighted by atomic mass is 16.5. The first kappa shape index (κ1) is 18.6. The molecule has 6 heteroatoms. The topological polar surface area (TPSA) is 67.6 Å². The van der Waals surface area contributed by atoms with Crippen LogP contribution in [0.1, 0.15) is 71.5 Å². The second-order valence-corrected chi connectivity index (χ2v) is 9.42. The number of nitrogens with zero attached hydrogens (tertiary/aromatic N) is 3. The second-order valence-electron chi connectivity index (χ2n) is 9.42. The maximum atomic E-state index is 12.1. The van der Waals surface area contributed by atoms with E-state index in [0.29, 0.717) is 25.6 Å². The zero-order chi connectivity index (χ0) is 30.0. The van der Waals surface area contributed by atoms with Gasteiger partial charge in [0.05, 0.1) is 23.1 Å². The van der Waals surface area contributed by atoms with Crippen molar-refractivity contribution in [3.8, 4) is 0 Å². The fraction of sp³-hybridized carbons (Fsp3) is 0.517. The molecule has 2 aromatic carbocycles. The first-order chi connectivity index (χ1) is 19.3. The lowest BCUT2D eigenvalue weighted by Gasteiger charge is -2.36. The third kappa shape index (κ3) is 5.60. The van der Waals surface area contributed by atoms with Crippen LogP contribution in [0.5, 0.6) is 0 Å². The third-order valence-electron chi connectivity index (χ3n) is 7.10. The third-order valence-corrected chi connectivity index (χ3v) is 7.10. The van der Waals surface area contributed by atoms with E-state index in [1.165, 1.54) is 12.1 Å². The number of carbonyl (C=O) groups is 1. The minimum absolute atomic E-state index is 0.188. The Labute approximate surface area is 217 Å². The van der Waals surface area contributed by atoms with Crippen LogP contribution in [0.25, 0.3) is 11.0 Å². The molecular weight excluding hydrogens is 438 g/mol. The van der Waals surface area contributed by atoms with Crippen molar-refractivity contribution in [2.45, 2.75) is 70.7 Å². The van der Waals surface area contributed by atoms with Gasteiger partial charge in [-0.05, 0) is 83.2 Å². The monoisotopic (exact) mass is 483 g/mol. The van der Waals surface area contributed by atoms with E-state index in [9.17, 15) is 9.90 Å². The van der Waals surface area contributed by atoms with E-state index in [1.54, 1.807) is 12.1 Å². The number of piperidine rings is 1. The van der Waals surface area contributed by atoms with Crippen LogP contribution in [0.3, 0.4) is 0 Å². The summed E-state index contributed by atoms with van der Waals surface area (Å²) in [5.41, 5.74) is -0.219. The zero-order valence-corrected chi connectivity index (χ0v) is 20.5. The van der Waals surface area contributed by atoms with Gasteiger partial charge in [0.15, 0.2) is 0 Å². The number of rotatable bonds is 10. The number of ether oxygens (including phenoxy) is 1. The summed E-state index contributed by atoms with van der Waals surface area (Å²) in [5, 5.41) is 9.81. The Balaban J connectivity index is 1.44. The van der Waals surface area contributed by atoms with Gasteiger partial charge in [0.1, 0.15) is 5.82 Å². The van der Waals surface area contributed by atoms with Crippen LogP contribution in [-0.2, 0) is 27.9 Å². The summed E-state index contributed by atoms with van der Waals surface area (Å²) in [6, 6.07) is 14.4. The van der Waals surface area contributed by atoms with Crippen LogP contribution in [0, 0.1) is 0 Å². The molecule has 3 aromatic rings. The number of imidazole rings is 1. The number of fused-ring (bicyclic) bond motifs is 1. The summed E-state index contributed by atoms with van der Waals surface area (Å²) in [6.07, 6.45) is 2.61. The van der Waals surface area contributed by atoms with Gasteiger partial charge in [-0.25, -0.2) is 4.98 Å². The van der Waals surface area contributed by atoms with Gasteiger partial charge in [-0.1, -0.05) is 36.4 Å². The lowest BCUT2D eigenvalue weighted by Crippen LogP contribution is -2.41. The molecule has 1 atom stereocenters. The summed E-state index contributed by atoms with van der Waals surface area (Å²) < 4.78 is 54.7. The molecule has 2 heterocycles. The molecule has 0 spiro atoms. The molecule has 1 unspecified atom stereocenters. The number of hydrogen-bond donors (Lipinski definition) is 1. The number of likely N-dealkylation sites (tertiary alicyclic amines) is 1. The Morgan fingerprint density at radius 2 is 1.91 bits per heavy atom. The molecule has 6 nitrogen and oxygen atoms in total. The van der Waals surface area contributed by atoms with Gasteiger partial charge >= 0.3 is 5.97 Å². The van der Waals surface area contributed by atoms with Crippen LogP contribution < -0.4 is 0 Å². The van der Waals surface area contributed by atoms with Crippen molar-refractivity contribution >= 4 is 17.0 Å². The zero-order valence-electron chi connectivity index (χ0n) is 26.5. The van der Waals surface area contributed by atoms with E-state index >= 15 is 0 Å². The first-order valence-corrected chi connectivity index (χ1v) is 12.4. The van der Waals surface area contributed by atoms with Crippen molar-refractivity contribution in [3.63, 3.8) is 0 Å². The molecule has 1 N–H and O–H groups in total. The number of carboxylic acid groups (broad SMARTS) is 1. The summed E-state index contributed by atoms with van der Waals surface area (Å²) >= 11 is 0. The Kier molecular flexibility index (Phi) is 5.79. The van der Waals surface area contributed by atoms with Crippen molar-refractivity contribution in [3.05, 3.63) is 65.5 Å². The van der Waals surface area contributed by atoms with Gasteiger partial charge in [-0.3, -0.25) is 4.79 Å². The molecule has 1 aliphatic heterocycles. The number of carboxylic acids is 1. The molecule has 0 amide bonds. The maximum absolute atomic E-state index is 12.1. The van der Waals surface area contributed by atoms with E-state index in [2.05, 4.69) is 28.5 Å². The molecule has 1 fully saturated rings. The van der Waals surface area contributed by atoms with Gasteiger partial charge in [0, 0.05) is 33.3 Å². The smallest absolute Gasteiger partial charge is 0.313 e. The fourth-order valence-electron chi connectivity index (χ4n) is 5.02. The normalized spacial score (nSPS) is 19.8. The molecule has 1 saturated heterocycles. The van der Waals surface area contributed by atoms with Crippen LogP contribution in [0.15, 0.2) is 48.5 Å². The van der Waals surface area contributed by atoms with Gasteiger partial charge in [0.25, 0.3) is 0 Å². The van der Waals surface area contributed by atoms with E-state index < -0.39 is 25.1 Å². The molecule has 4 rings (SSSR count). The molecule has 188 valence electrons. The number of aromatic nitrogens is 2. The average Bonchev–Trinajstić information content (AvgIpc) is 3.27. The standard InChI is InChI=1S/C29H39N3O3/c1-5-35-19-18-32-26-9-7-6-8-25(26)30-27(32)23-14-16-31(17-15-23)21(2)20-22-10-12-24(13-11-22)29(3,4)28(33)34/h6-13,21,23H,5,14-20H2,1-4H3,(H,33,34)/i3D3,4D3. The Hall–Kier alpha value is -2.70. The van der Waals surface area contributed by atoms with Gasteiger partial charge in [0.2, 0.25) is 0 Å². The fourth-order valence-corrected chi connectivity index (χ4v) is 5.02. The quantitative estimate of drug-likeness (QED) is 0.399. The second kappa shape index (κ2) is 10.9. The van der Waals surface area contributed by atoms with Crippen LogP contribution in [-0.4, -0.2) is 57.9 Å². The number of hydrogen-bond acceptors (Lipinski definition) is 4. The molecule has 0 bridgehead atoms. The Bertz CT molecular complexity index is 1310. The van der Waals surface area contributed by atoms with E-state index in [4.69, 9.17) is 17.9 Å². The highest BCUT2D eigenvalue weighted by Gasteiger charge is 2.30. The minimum Gasteiger partial charge on any atom is -0.481 e. The summed E-state index contributed by atoms with van der Waals surface area (Å²) in [4.78, 5) is 19.5. The number of para-hydroxylation sites is 2.